The monoisotopic (exact) mass is 288 g/mol. The molecule has 3 aromatic rings. The number of alkyl halides is 1. The van der Waals surface area contributed by atoms with E-state index < -0.39 is 6.67 Å². The average molecular weight is 288 g/mol. The van der Waals surface area contributed by atoms with Gasteiger partial charge in [-0.15, -0.1) is 0 Å². The molecule has 2 aromatic heterocycles. The van der Waals surface area contributed by atoms with Gasteiger partial charge in [-0.2, -0.15) is 0 Å². The fraction of sp³-hybridized carbons (Fsp3) is 0.312. The van der Waals surface area contributed by atoms with Gasteiger partial charge in [-0.3, -0.25) is 4.98 Å². The number of rotatable bonds is 6. The van der Waals surface area contributed by atoms with E-state index in [4.69, 9.17) is 9.47 Å². The molecular formula is C16H17FN2O2. The predicted octanol–water partition coefficient (Wildman–Crippen LogP) is 3.39. The predicted molar refractivity (Wildman–Crippen MR) is 80.6 cm³/mol. The van der Waals surface area contributed by atoms with Crippen molar-refractivity contribution in [1.82, 2.24) is 9.97 Å². The number of fused-ring (bicyclic) bond motifs is 3. The highest BCUT2D eigenvalue weighted by Crippen LogP contribution is 2.29. The van der Waals surface area contributed by atoms with Crippen LogP contribution in [0.15, 0.2) is 30.5 Å². The number of ether oxygens (including phenoxy) is 2. The summed E-state index contributed by atoms with van der Waals surface area (Å²) in [6, 6.07) is 7.93. The highest BCUT2D eigenvalue weighted by atomic mass is 19.1. The van der Waals surface area contributed by atoms with Crippen LogP contribution in [0.25, 0.3) is 21.8 Å². The standard InChI is InChI=1S/C16H17FN2O2/c1-11-16-14(4-6-18-11)13-3-2-12(10-15(13)19-16)21-9-8-20-7-5-17/h2-4,6,10,19H,5,7-9H2,1H3. The van der Waals surface area contributed by atoms with E-state index in [1.807, 2.05) is 37.4 Å². The van der Waals surface area contributed by atoms with Gasteiger partial charge in [-0.25, -0.2) is 4.39 Å². The molecule has 0 fully saturated rings. The molecule has 0 aliphatic carbocycles. The molecule has 0 atom stereocenters. The maximum Gasteiger partial charge on any atom is 0.121 e. The second-order valence-corrected chi connectivity index (χ2v) is 4.80. The maximum absolute atomic E-state index is 11.9. The molecule has 0 saturated carbocycles. The summed E-state index contributed by atoms with van der Waals surface area (Å²) in [6.45, 7) is 2.44. The number of hydrogen-bond donors (Lipinski definition) is 1. The Morgan fingerprint density at radius 1 is 1.14 bits per heavy atom. The van der Waals surface area contributed by atoms with E-state index in [0.29, 0.717) is 13.2 Å². The van der Waals surface area contributed by atoms with Crippen LogP contribution in [0.2, 0.25) is 0 Å². The second kappa shape index (κ2) is 6.10. The third kappa shape index (κ3) is 2.83. The van der Waals surface area contributed by atoms with Crippen LogP contribution in [0.1, 0.15) is 5.69 Å². The van der Waals surface area contributed by atoms with Crippen molar-refractivity contribution in [2.45, 2.75) is 6.92 Å². The van der Waals surface area contributed by atoms with Crippen molar-refractivity contribution in [1.29, 1.82) is 0 Å². The van der Waals surface area contributed by atoms with E-state index in [-0.39, 0.29) is 6.61 Å². The Hall–Kier alpha value is -2.14. The van der Waals surface area contributed by atoms with Gasteiger partial charge in [0, 0.05) is 23.0 Å². The van der Waals surface area contributed by atoms with Crippen LogP contribution in [0.4, 0.5) is 4.39 Å². The summed E-state index contributed by atoms with van der Waals surface area (Å²) >= 11 is 0. The van der Waals surface area contributed by atoms with E-state index in [0.717, 1.165) is 33.2 Å². The number of halogens is 1. The van der Waals surface area contributed by atoms with Crippen molar-refractivity contribution in [3.05, 3.63) is 36.2 Å². The van der Waals surface area contributed by atoms with Crippen molar-refractivity contribution >= 4 is 21.8 Å². The minimum atomic E-state index is -0.464. The van der Waals surface area contributed by atoms with Gasteiger partial charge in [0.1, 0.15) is 19.0 Å². The minimum absolute atomic E-state index is 0.122. The lowest BCUT2D eigenvalue weighted by molar-refractivity contribution is 0.0897. The Morgan fingerprint density at radius 3 is 2.90 bits per heavy atom. The molecule has 21 heavy (non-hydrogen) atoms. The lowest BCUT2D eigenvalue weighted by Gasteiger charge is -2.06. The number of nitrogens with zero attached hydrogens (tertiary/aromatic N) is 1. The Morgan fingerprint density at radius 2 is 2.05 bits per heavy atom. The number of nitrogens with one attached hydrogen (secondary N) is 1. The van der Waals surface area contributed by atoms with Crippen LogP contribution >= 0.6 is 0 Å². The lowest BCUT2D eigenvalue weighted by atomic mass is 10.1. The second-order valence-electron chi connectivity index (χ2n) is 4.80. The molecule has 1 aromatic carbocycles. The SMILES string of the molecule is Cc1nccc2c1[nH]c1cc(OCCOCCF)ccc12. The van der Waals surface area contributed by atoms with Crippen LogP contribution in [0.3, 0.4) is 0 Å². The van der Waals surface area contributed by atoms with Crippen molar-refractivity contribution < 1.29 is 13.9 Å². The minimum Gasteiger partial charge on any atom is -0.491 e. The van der Waals surface area contributed by atoms with Crippen molar-refractivity contribution in [3.8, 4) is 5.75 Å². The first-order valence-electron chi connectivity index (χ1n) is 6.93. The topological polar surface area (TPSA) is 47.1 Å². The van der Waals surface area contributed by atoms with Gasteiger partial charge < -0.3 is 14.5 Å². The van der Waals surface area contributed by atoms with Gasteiger partial charge >= 0.3 is 0 Å². The van der Waals surface area contributed by atoms with E-state index in [9.17, 15) is 4.39 Å². The molecule has 0 bridgehead atoms. The molecule has 0 radical (unpaired) electrons. The molecule has 1 N–H and O–H groups in total. The van der Waals surface area contributed by atoms with Crippen LogP contribution in [-0.4, -0.2) is 36.5 Å². The van der Waals surface area contributed by atoms with Crippen molar-refractivity contribution in [2.75, 3.05) is 26.5 Å². The summed E-state index contributed by atoms with van der Waals surface area (Å²) in [5, 5.41) is 2.31. The molecule has 0 spiro atoms. The fourth-order valence-electron chi connectivity index (χ4n) is 2.41. The number of pyridine rings is 1. The molecule has 0 aliphatic heterocycles. The molecule has 0 aliphatic rings. The van der Waals surface area contributed by atoms with E-state index >= 15 is 0 Å². The van der Waals surface area contributed by atoms with Gasteiger partial charge in [0.05, 0.1) is 29.9 Å². The summed E-state index contributed by atoms with van der Waals surface area (Å²) in [6.07, 6.45) is 1.82. The molecule has 0 amide bonds. The molecule has 0 unspecified atom stereocenters. The van der Waals surface area contributed by atoms with Gasteiger partial charge in [0.25, 0.3) is 0 Å². The van der Waals surface area contributed by atoms with Crippen molar-refractivity contribution in [3.63, 3.8) is 0 Å². The zero-order valence-corrected chi connectivity index (χ0v) is 11.9. The number of benzene rings is 1. The Labute approximate surface area is 121 Å². The highest BCUT2D eigenvalue weighted by Gasteiger charge is 2.07. The first-order chi connectivity index (χ1) is 10.3. The molecular weight excluding hydrogens is 271 g/mol. The number of aromatic amines is 1. The zero-order chi connectivity index (χ0) is 14.7. The smallest absolute Gasteiger partial charge is 0.121 e. The highest BCUT2D eigenvalue weighted by molar-refractivity contribution is 6.08. The summed E-state index contributed by atoms with van der Waals surface area (Å²) < 4.78 is 22.5. The van der Waals surface area contributed by atoms with Gasteiger partial charge in [0.2, 0.25) is 0 Å². The Bertz CT molecular complexity index is 754. The molecule has 2 heterocycles. The quantitative estimate of drug-likeness (QED) is 0.707. The number of hydrogen-bond acceptors (Lipinski definition) is 3. The summed E-state index contributed by atoms with van der Waals surface area (Å²) in [7, 11) is 0. The summed E-state index contributed by atoms with van der Waals surface area (Å²) in [5.74, 6) is 0.767. The van der Waals surface area contributed by atoms with Gasteiger partial charge in [0.15, 0.2) is 0 Å². The molecule has 0 saturated heterocycles. The number of aryl methyl sites for hydroxylation is 1. The van der Waals surface area contributed by atoms with E-state index in [1.165, 1.54) is 0 Å². The maximum atomic E-state index is 11.9. The molecule has 5 heteroatoms. The Balaban J connectivity index is 1.80. The first kappa shape index (κ1) is 13.8. The normalized spacial score (nSPS) is 11.3. The number of aromatic nitrogens is 2. The summed E-state index contributed by atoms with van der Waals surface area (Å²) in [5.41, 5.74) is 3.05. The van der Waals surface area contributed by atoms with Crippen molar-refractivity contribution in [2.24, 2.45) is 0 Å². The first-order valence-corrected chi connectivity index (χ1v) is 6.93. The number of H-pyrrole nitrogens is 1. The molecule has 3 rings (SSSR count). The third-order valence-electron chi connectivity index (χ3n) is 3.40. The van der Waals surface area contributed by atoms with Gasteiger partial charge in [-0.05, 0) is 25.1 Å². The van der Waals surface area contributed by atoms with Gasteiger partial charge in [-0.1, -0.05) is 0 Å². The van der Waals surface area contributed by atoms with Crippen LogP contribution in [0.5, 0.6) is 5.75 Å². The van der Waals surface area contributed by atoms with Crippen LogP contribution in [-0.2, 0) is 4.74 Å². The lowest BCUT2D eigenvalue weighted by Crippen LogP contribution is -2.08. The average Bonchev–Trinajstić information content (AvgIpc) is 2.86. The molecule has 110 valence electrons. The zero-order valence-electron chi connectivity index (χ0n) is 11.9. The fourth-order valence-corrected chi connectivity index (χ4v) is 2.41. The largest absolute Gasteiger partial charge is 0.491 e. The van der Waals surface area contributed by atoms with E-state index in [2.05, 4.69) is 9.97 Å². The van der Waals surface area contributed by atoms with Crippen LogP contribution < -0.4 is 4.74 Å². The Kier molecular flexibility index (Phi) is 4.01. The molecule has 4 nitrogen and oxygen atoms in total. The van der Waals surface area contributed by atoms with E-state index in [1.54, 1.807) is 0 Å². The summed E-state index contributed by atoms with van der Waals surface area (Å²) in [4.78, 5) is 7.67. The third-order valence-corrected chi connectivity index (χ3v) is 3.40. The van der Waals surface area contributed by atoms with Crippen LogP contribution in [0, 0.1) is 6.92 Å².